The standard InChI is InChI=1S/C41H47N8O11P/c1-4-57-61(56,58-5-2)59-23-9-8-10-26-13-17-29(18-14-26)46-38(52)31-11-6-7-12-33(31)60-34(50)22-21-32(40(54)55)47-37(51)27-15-19-28(20-16-27)43-24-30-25-44-36-35(45-30)39(53)49-41(42-3)48-36/h6-7,11-20,25,32,43H,4-5,8-10,21-24H2,1-3H3,(H,46,52)(H,47,51)(H,54,55)(H2,42,44,48,49,53)/t32-/m0/s1. The number of rotatable bonds is 23. The van der Waals surface area contributed by atoms with Crippen LogP contribution < -0.4 is 31.6 Å². The van der Waals surface area contributed by atoms with E-state index in [1.54, 1.807) is 57.3 Å². The Morgan fingerprint density at radius 3 is 2.26 bits per heavy atom. The van der Waals surface area contributed by atoms with Gasteiger partial charge < -0.3 is 31.1 Å². The third-order valence-electron chi connectivity index (χ3n) is 8.82. The number of carboxylic acids is 1. The highest BCUT2D eigenvalue weighted by atomic mass is 31.2. The fraction of sp³-hybridized carbons (Fsp3) is 0.317. The molecule has 0 aliphatic carbocycles. The van der Waals surface area contributed by atoms with E-state index >= 15 is 0 Å². The van der Waals surface area contributed by atoms with Crippen molar-refractivity contribution in [3.8, 4) is 5.75 Å². The minimum Gasteiger partial charge on any atom is -0.480 e. The Morgan fingerprint density at radius 1 is 0.869 bits per heavy atom. The minimum absolute atomic E-state index is 0.0203. The van der Waals surface area contributed by atoms with Crippen LogP contribution in [0, 0.1) is 0 Å². The van der Waals surface area contributed by atoms with Gasteiger partial charge in [-0.3, -0.25) is 37.7 Å². The molecule has 0 aliphatic heterocycles. The van der Waals surface area contributed by atoms with E-state index in [2.05, 4.69) is 41.2 Å². The summed E-state index contributed by atoms with van der Waals surface area (Å²) < 4.78 is 33.5. The van der Waals surface area contributed by atoms with Gasteiger partial charge >= 0.3 is 19.8 Å². The number of esters is 1. The summed E-state index contributed by atoms with van der Waals surface area (Å²) in [5.74, 6) is -3.10. The molecule has 20 heteroatoms. The number of para-hydroxylation sites is 1. The highest BCUT2D eigenvalue weighted by molar-refractivity contribution is 7.48. The quantitative estimate of drug-likeness (QED) is 0.0199. The average Bonchev–Trinajstić information content (AvgIpc) is 3.25. The van der Waals surface area contributed by atoms with E-state index in [-0.39, 0.29) is 73.2 Å². The lowest BCUT2D eigenvalue weighted by Crippen LogP contribution is -2.41. The monoisotopic (exact) mass is 858 g/mol. The maximum Gasteiger partial charge on any atom is 0.474 e. The summed E-state index contributed by atoms with van der Waals surface area (Å²) >= 11 is 0. The second-order valence-corrected chi connectivity index (χ2v) is 14.9. The molecule has 5 aromatic rings. The Balaban J connectivity index is 1.07. The Labute approximate surface area is 350 Å². The van der Waals surface area contributed by atoms with Crippen LogP contribution in [0.4, 0.5) is 17.3 Å². The number of benzene rings is 3. The third kappa shape index (κ3) is 13.5. The molecule has 5 rings (SSSR count). The fourth-order valence-electron chi connectivity index (χ4n) is 5.76. The van der Waals surface area contributed by atoms with Crippen LogP contribution in [0.1, 0.15) is 71.5 Å². The maximum atomic E-state index is 13.2. The first-order valence-corrected chi connectivity index (χ1v) is 20.9. The zero-order valence-corrected chi connectivity index (χ0v) is 34.7. The van der Waals surface area contributed by atoms with Gasteiger partial charge in [0.2, 0.25) is 5.95 Å². The smallest absolute Gasteiger partial charge is 0.474 e. The molecule has 2 amide bonds. The number of aliphatic carboxylic acids is 1. The molecule has 2 aromatic heterocycles. The molecule has 0 fully saturated rings. The number of phosphoric acid groups is 1. The van der Waals surface area contributed by atoms with Gasteiger partial charge in [-0.2, -0.15) is 4.98 Å². The van der Waals surface area contributed by atoms with E-state index in [0.29, 0.717) is 23.5 Å². The molecule has 2 heterocycles. The molecule has 0 spiro atoms. The van der Waals surface area contributed by atoms with Crippen molar-refractivity contribution in [3.63, 3.8) is 0 Å². The molecular formula is C41H47N8O11P. The van der Waals surface area contributed by atoms with Crippen LogP contribution in [-0.2, 0) is 40.7 Å². The maximum absolute atomic E-state index is 13.2. The summed E-state index contributed by atoms with van der Waals surface area (Å²) in [6.07, 6.45) is 2.93. The topological polar surface area (TPSA) is 262 Å². The predicted molar refractivity (Wildman–Crippen MR) is 226 cm³/mol. The number of phosphoric ester groups is 1. The van der Waals surface area contributed by atoms with Crippen molar-refractivity contribution in [2.24, 2.45) is 0 Å². The SMILES string of the molecule is CCOP(=O)(OCC)OCCCCc1ccc(NC(=O)c2ccccc2OC(=O)CC[C@H](NC(=O)c2ccc(NCc3cnc4nc(NC)[nH]c(=O)c4n3)cc2)C(=O)O)cc1. The number of H-pyrrole nitrogens is 1. The summed E-state index contributed by atoms with van der Waals surface area (Å²) in [7, 11) is -1.93. The number of hydrogen-bond donors (Lipinski definition) is 6. The summed E-state index contributed by atoms with van der Waals surface area (Å²) in [5, 5.41) is 20.9. The molecule has 0 saturated heterocycles. The van der Waals surface area contributed by atoms with E-state index < -0.39 is 43.2 Å². The number of aromatic amines is 1. The Morgan fingerprint density at radius 2 is 1.57 bits per heavy atom. The summed E-state index contributed by atoms with van der Waals surface area (Å²) in [6, 6.07) is 18.2. The van der Waals surface area contributed by atoms with E-state index in [1.165, 1.54) is 30.5 Å². The van der Waals surface area contributed by atoms with Gasteiger partial charge in [-0.05, 0) is 93.6 Å². The fourth-order valence-corrected chi connectivity index (χ4v) is 6.97. The number of anilines is 3. The van der Waals surface area contributed by atoms with Gasteiger partial charge in [-0.25, -0.2) is 19.3 Å². The zero-order valence-electron chi connectivity index (χ0n) is 33.8. The van der Waals surface area contributed by atoms with Crippen LogP contribution in [0.15, 0.2) is 83.8 Å². The zero-order chi connectivity index (χ0) is 43.8. The number of fused-ring (bicyclic) bond motifs is 1. The molecule has 0 radical (unpaired) electrons. The molecule has 3 aromatic carbocycles. The number of hydrogen-bond acceptors (Lipinski definition) is 15. The number of carbonyl (C=O) groups is 4. The summed E-state index contributed by atoms with van der Waals surface area (Å²) in [5.41, 5.74) is 2.70. The van der Waals surface area contributed by atoms with E-state index in [9.17, 15) is 33.6 Å². The van der Waals surface area contributed by atoms with Crippen molar-refractivity contribution in [2.45, 2.75) is 58.5 Å². The van der Waals surface area contributed by atoms with Crippen LogP contribution in [0.2, 0.25) is 0 Å². The Kier molecular flexibility index (Phi) is 16.6. The van der Waals surface area contributed by atoms with Crippen molar-refractivity contribution in [3.05, 3.63) is 112 Å². The third-order valence-corrected chi connectivity index (χ3v) is 10.5. The number of aryl methyl sites for hydroxylation is 1. The van der Waals surface area contributed by atoms with Crippen LogP contribution >= 0.6 is 7.82 Å². The van der Waals surface area contributed by atoms with Gasteiger partial charge in [0.05, 0.1) is 43.8 Å². The van der Waals surface area contributed by atoms with Gasteiger partial charge in [0.15, 0.2) is 11.2 Å². The number of nitrogens with zero attached hydrogens (tertiary/aromatic N) is 3. The summed E-state index contributed by atoms with van der Waals surface area (Å²) in [4.78, 5) is 78.7. The van der Waals surface area contributed by atoms with Crippen molar-refractivity contribution in [1.29, 1.82) is 0 Å². The van der Waals surface area contributed by atoms with Gasteiger partial charge in [0.25, 0.3) is 17.4 Å². The molecule has 0 unspecified atom stereocenters. The molecule has 1 atom stereocenters. The molecule has 6 N–H and O–H groups in total. The molecular weight excluding hydrogens is 811 g/mol. The molecule has 61 heavy (non-hydrogen) atoms. The number of carbonyl (C=O) groups excluding carboxylic acids is 3. The molecule has 19 nitrogen and oxygen atoms in total. The molecule has 0 aliphatic rings. The number of carboxylic acid groups (broad SMARTS) is 1. The second kappa shape index (κ2) is 22.2. The van der Waals surface area contributed by atoms with Crippen LogP contribution in [0.25, 0.3) is 11.2 Å². The van der Waals surface area contributed by atoms with Crippen molar-refractivity contribution in [1.82, 2.24) is 25.3 Å². The van der Waals surface area contributed by atoms with Gasteiger partial charge in [-0.15, -0.1) is 0 Å². The second-order valence-electron chi connectivity index (χ2n) is 13.2. The lowest BCUT2D eigenvalue weighted by molar-refractivity contribution is -0.140. The van der Waals surface area contributed by atoms with Crippen LogP contribution in [0.3, 0.4) is 0 Å². The van der Waals surface area contributed by atoms with Crippen LogP contribution in [0.5, 0.6) is 5.75 Å². The first kappa shape index (κ1) is 45.6. The van der Waals surface area contributed by atoms with Crippen LogP contribution in [-0.4, -0.2) is 81.7 Å². The first-order valence-electron chi connectivity index (χ1n) is 19.4. The molecule has 322 valence electrons. The number of amides is 2. The largest absolute Gasteiger partial charge is 0.480 e. The highest BCUT2D eigenvalue weighted by Gasteiger charge is 2.25. The van der Waals surface area contributed by atoms with E-state index in [0.717, 1.165) is 18.4 Å². The molecule has 0 saturated carbocycles. The van der Waals surface area contributed by atoms with Crippen molar-refractivity contribution in [2.75, 3.05) is 42.8 Å². The van der Waals surface area contributed by atoms with Crippen molar-refractivity contribution >= 4 is 60.1 Å². The number of unbranched alkanes of at least 4 members (excludes halogenated alkanes) is 1. The van der Waals surface area contributed by atoms with Crippen molar-refractivity contribution < 1.29 is 47.2 Å². The number of nitrogens with one attached hydrogen (secondary N) is 5. The molecule has 0 bridgehead atoms. The van der Waals surface area contributed by atoms with E-state index in [1.807, 2.05) is 12.1 Å². The number of aromatic nitrogens is 4. The lowest BCUT2D eigenvalue weighted by atomic mass is 10.1. The number of ether oxygens (including phenoxy) is 1. The van der Waals surface area contributed by atoms with E-state index in [4.69, 9.17) is 18.3 Å². The lowest BCUT2D eigenvalue weighted by Gasteiger charge is -2.16. The summed E-state index contributed by atoms with van der Waals surface area (Å²) in [6.45, 7) is 4.28. The van der Waals surface area contributed by atoms with Gasteiger partial charge in [0, 0.05) is 30.4 Å². The minimum atomic E-state index is -3.54. The average molecular weight is 859 g/mol. The highest BCUT2D eigenvalue weighted by Crippen LogP contribution is 2.49. The Hall–Kier alpha value is -6.53. The van der Waals surface area contributed by atoms with Gasteiger partial charge in [0.1, 0.15) is 11.8 Å². The van der Waals surface area contributed by atoms with Gasteiger partial charge in [-0.1, -0.05) is 24.3 Å². The predicted octanol–water partition coefficient (Wildman–Crippen LogP) is 5.71. The Bertz CT molecular complexity index is 2400. The first-order chi connectivity index (χ1) is 29.4. The normalized spacial score (nSPS) is 11.7.